The third-order valence-corrected chi connectivity index (χ3v) is 5.82. The monoisotopic (exact) mass is 315 g/mol. The van der Waals surface area contributed by atoms with Crippen molar-refractivity contribution in [2.45, 2.75) is 24.7 Å². The molecule has 0 spiro atoms. The maximum absolute atomic E-state index is 12.9. The minimum absolute atomic E-state index is 0.0795. The van der Waals surface area contributed by atoms with Gasteiger partial charge in [-0.1, -0.05) is 37.3 Å². The van der Waals surface area contributed by atoms with Gasteiger partial charge in [-0.3, -0.25) is 9.10 Å². The van der Waals surface area contributed by atoms with Crippen LogP contribution in [-0.2, 0) is 10.0 Å². The molecule has 0 fully saturated rings. The summed E-state index contributed by atoms with van der Waals surface area (Å²) in [6.45, 7) is 3.92. The Kier molecular flexibility index (Phi) is 3.53. The molecule has 0 radical (unpaired) electrons. The van der Waals surface area contributed by atoms with Crippen LogP contribution in [0.15, 0.2) is 53.4 Å². The second kappa shape index (κ2) is 5.25. The van der Waals surface area contributed by atoms with Crippen molar-refractivity contribution in [3.63, 3.8) is 0 Å². The van der Waals surface area contributed by atoms with Crippen LogP contribution in [0.25, 0.3) is 0 Å². The Labute approximate surface area is 130 Å². The quantitative estimate of drug-likeness (QED) is 0.817. The predicted molar refractivity (Wildman–Crippen MR) is 85.8 cm³/mol. The fourth-order valence-electron chi connectivity index (χ4n) is 2.79. The maximum atomic E-state index is 12.9. The Balaban J connectivity index is 2.02. The molecule has 2 aromatic carbocycles. The molecule has 0 saturated carbocycles. The molecular weight excluding hydrogens is 298 g/mol. The van der Waals surface area contributed by atoms with E-state index in [2.05, 4.69) is 0 Å². The Morgan fingerprint density at radius 1 is 1.09 bits per heavy atom. The maximum Gasteiger partial charge on any atom is 0.264 e. The lowest BCUT2D eigenvalue weighted by Crippen LogP contribution is -2.29. The van der Waals surface area contributed by atoms with Gasteiger partial charge >= 0.3 is 0 Å². The molecule has 1 aliphatic heterocycles. The number of anilines is 1. The Bertz CT molecular complexity index is 825. The number of hydrogen-bond acceptors (Lipinski definition) is 3. The highest BCUT2D eigenvalue weighted by Gasteiger charge is 2.34. The van der Waals surface area contributed by atoms with Crippen LogP contribution in [-0.4, -0.2) is 20.7 Å². The Morgan fingerprint density at radius 3 is 2.36 bits per heavy atom. The number of Topliss-reactive ketones (excluding diaryl/α,β-unsaturated/α-hetero) is 1. The molecule has 22 heavy (non-hydrogen) atoms. The van der Waals surface area contributed by atoms with Gasteiger partial charge in [-0.25, -0.2) is 8.42 Å². The van der Waals surface area contributed by atoms with E-state index >= 15 is 0 Å². The van der Waals surface area contributed by atoms with Crippen LogP contribution in [0.2, 0.25) is 0 Å². The van der Waals surface area contributed by atoms with Gasteiger partial charge in [0.05, 0.1) is 10.6 Å². The van der Waals surface area contributed by atoms with E-state index in [4.69, 9.17) is 0 Å². The Hall–Kier alpha value is -2.14. The van der Waals surface area contributed by atoms with Crippen molar-refractivity contribution in [3.05, 3.63) is 59.7 Å². The van der Waals surface area contributed by atoms with E-state index in [0.29, 0.717) is 12.1 Å². The third-order valence-electron chi connectivity index (χ3n) is 4.02. The van der Waals surface area contributed by atoms with Crippen molar-refractivity contribution in [2.75, 3.05) is 10.8 Å². The van der Waals surface area contributed by atoms with E-state index < -0.39 is 10.0 Å². The fraction of sp³-hybridized carbons (Fsp3) is 0.235. The summed E-state index contributed by atoms with van der Waals surface area (Å²) in [5.74, 6) is 0.0894. The first-order chi connectivity index (χ1) is 10.4. The lowest BCUT2D eigenvalue weighted by molar-refractivity contribution is 0.101. The zero-order chi connectivity index (χ0) is 15.9. The summed E-state index contributed by atoms with van der Waals surface area (Å²) in [5.41, 5.74) is 2.30. The van der Waals surface area contributed by atoms with Gasteiger partial charge in [0.1, 0.15) is 0 Å². The molecule has 5 heteroatoms. The number of fused-ring (bicyclic) bond motifs is 1. The molecule has 4 nitrogen and oxygen atoms in total. The van der Waals surface area contributed by atoms with E-state index in [1.54, 1.807) is 12.1 Å². The van der Waals surface area contributed by atoms with Gasteiger partial charge in [-0.15, -0.1) is 0 Å². The lowest BCUT2D eigenvalue weighted by atomic mass is 10.0. The second-order valence-electron chi connectivity index (χ2n) is 5.58. The number of nitrogens with zero attached hydrogens (tertiary/aromatic N) is 1. The smallest absolute Gasteiger partial charge is 0.264 e. The summed E-state index contributed by atoms with van der Waals surface area (Å²) in [5, 5.41) is 0. The van der Waals surface area contributed by atoms with Gasteiger partial charge < -0.3 is 0 Å². The molecule has 2 aromatic rings. The van der Waals surface area contributed by atoms with E-state index in [0.717, 1.165) is 11.3 Å². The molecule has 114 valence electrons. The zero-order valence-electron chi connectivity index (χ0n) is 12.5. The molecule has 0 bridgehead atoms. The normalized spacial score (nSPS) is 17.4. The zero-order valence-corrected chi connectivity index (χ0v) is 13.3. The summed E-state index contributed by atoms with van der Waals surface area (Å²) < 4.78 is 27.2. The lowest BCUT2D eigenvalue weighted by Gasteiger charge is -2.20. The van der Waals surface area contributed by atoms with Crippen molar-refractivity contribution in [1.82, 2.24) is 0 Å². The average Bonchev–Trinajstić information content (AvgIpc) is 2.86. The summed E-state index contributed by atoms with van der Waals surface area (Å²) in [4.78, 5) is 11.5. The van der Waals surface area contributed by atoms with Crippen molar-refractivity contribution in [2.24, 2.45) is 0 Å². The number of para-hydroxylation sites is 1. The number of rotatable bonds is 3. The van der Waals surface area contributed by atoms with Gasteiger partial charge in [0, 0.05) is 18.0 Å². The summed E-state index contributed by atoms with van der Waals surface area (Å²) >= 11 is 0. The van der Waals surface area contributed by atoms with Gasteiger partial charge in [-0.05, 0) is 30.7 Å². The first kappa shape index (κ1) is 14.8. The molecule has 0 unspecified atom stereocenters. The van der Waals surface area contributed by atoms with Gasteiger partial charge in [0.15, 0.2) is 5.78 Å². The van der Waals surface area contributed by atoms with Gasteiger partial charge in [0.2, 0.25) is 0 Å². The first-order valence-electron chi connectivity index (χ1n) is 7.14. The van der Waals surface area contributed by atoms with E-state index in [1.807, 2.05) is 31.2 Å². The van der Waals surface area contributed by atoms with Crippen LogP contribution in [0, 0.1) is 0 Å². The van der Waals surface area contributed by atoms with Crippen LogP contribution in [0.1, 0.15) is 35.7 Å². The van der Waals surface area contributed by atoms with Crippen LogP contribution in [0.3, 0.4) is 0 Å². The predicted octanol–water partition coefficient (Wildman–Crippen LogP) is 3.20. The first-order valence-corrected chi connectivity index (χ1v) is 8.58. The molecule has 0 amide bonds. The van der Waals surface area contributed by atoms with E-state index in [-0.39, 0.29) is 16.6 Å². The average molecular weight is 315 g/mol. The van der Waals surface area contributed by atoms with Crippen LogP contribution in [0.4, 0.5) is 5.69 Å². The number of hydrogen-bond donors (Lipinski definition) is 0. The SMILES string of the molecule is CC(=O)c1ccc(S(=O)(=O)N2C[C@@H](C)c3ccccc32)cc1. The van der Waals surface area contributed by atoms with Crippen LogP contribution < -0.4 is 4.31 Å². The molecule has 0 N–H and O–H groups in total. The minimum Gasteiger partial charge on any atom is -0.295 e. The topological polar surface area (TPSA) is 54.5 Å². The van der Waals surface area contributed by atoms with Crippen molar-refractivity contribution >= 4 is 21.5 Å². The highest BCUT2D eigenvalue weighted by atomic mass is 32.2. The number of carbonyl (C=O) groups is 1. The standard InChI is InChI=1S/C17H17NO3S/c1-12-11-18(17-6-4-3-5-16(12)17)22(20,21)15-9-7-14(8-10-15)13(2)19/h3-10,12H,11H2,1-2H3/t12-/m1/s1. The van der Waals surface area contributed by atoms with Gasteiger partial charge in [0.25, 0.3) is 10.0 Å². The number of benzene rings is 2. The molecular formula is C17H17NO3S. The van der Waals surface area contributed by atoms with Crippen molar-refractivity contribution in [1.29, 1.82) is 0 Å². The van der Waals surface area contributed by atoms with Crippen molar-refractivity contribution < 1.29 is 13.2 Å². The molecule has 1 heterocycles. The number of carbonyl (C=O) groups excluding carboxylic acids is 1. The van der Waals surface area contributed by atoms with Crippen LogP contribution >= 0.6 is 0 Å². The second-order valence-corrected chi connectivity index (χ2v) is 7.44. The molecule has 0 saturated heterocycles. The minimum atomic E-state index is -3.61. The fourth-order valence-corrected chi connectivity index (χ4v) is 4.37. The molecule has 0 aliphatic carbocycles. The summed E-state index contributed by atoms with van der Waals surface area (Å²) in [7, 11) is -3.61. The molecule has 1 atom stereocenters. The number of sulfonamides is 1. The molecule has 3 rings (SSSR count). The van der Waals surface area contributed by atoms with E-state index in [1.165, 1.54) is 23.4 Å². The molecule has 0 aromatic heterocycles. The molecule has 1 aliphatic rings. The summed E-state index contributed by atoms with van der Waals surface area (Å²) in [6.07, 6.45) is 0. The number of ketones is 1. The largest absolute Gasteiger partial charge is 0.295 e. The Morgan fingerprint density at radius 2 is 1.73 bits per heavy atom. The summed E-state index contributed by atoms with van der Waals surface area (Å²) in [6, 6.07) is 13.7. The highest BCUT2D eigenvalue weighted by molar-refractivity contribution is 7.92. The van der Waals surface area contributed by atoms with Crippen LogP contribution in [0.5, 0.6) is 0 Å². The van der Waals surface area contributed by atoms with Gasteiger partial charge in [-0.2, -0.15) is 0 Å². The van der Waals surface area contributed by atoms with Crippen molar-refractivity contribution in [3.8, 4) is 0 Å². The highest BCUT2D eigenvalue weighted by Crippen LogP contribution is 2.39. The third kappa shape index (κ3) is 2.31. The van der Waals surface area contributed by atoms with E-state index in [9.17, 15) is 13.2 Å².